The minimum atomic E-state index is 0.318. The van der Waals surface area contributed by atoms with Crippen LogP contribution in [0.2, 0.25) is 0 Å². The summed E-state index contributed by atoms with van der Waals surface area (Å²) >= 11 is 0. The maximum Gasteiger partial charge on any atom is 0.0325 e. The van der Waals surface area contributed by atoms with Gasteiger partial charge in [0.1, 0.15) is 0 Å². The number of hydrogen-bond donors (Lipinski definition) is 1. The summed E-state index contributed by atoms with van der Waals surface area (Å²) in [4.78, 5) is 2.33. The van der Waals surface area contributed by atoms with Gasteiger partial charge in [0.05, 0.1) is 0 Å². The van der Waals surface area contributed by atoms with Crippen molar-refractivity contribution in [2.24, 2.45) is 11.3 Å². The molecule has 0 fully saturated rings. The van der Waals surface area contributed by atoms with Crippen molar-refractivity contribution in [3.63, 3.8) is 0 Å². The van der Waals surface area contributed by atoms with Crippen molar-refractivity contribution in [3.05, 3.63) is 35.9 Å². The van der Waals surface area contributed by atoms with Crippen LogP contribution in [0.3, 0.4) is 0 Å². The second-order valence-electron chi connectivity index (χ2n) is 7.91. The van der Waals surface area contributed by atoms with Crippen molar-refractivity contribution < 1.29 is 0 Å². The maximum absolute atomic E-state index is 3.81. The highest BCUT2D eigenvalue weighted by Gasteiger charge is 2.22. The standard InChI is InChI=1S/C19H34N2/c1-15(2)18(21(6)7)14-20-17(13-19(3,4)5)16-11-9-8-10-12-16/h8-12,15,17-18,20H,13-14H2,1-7H3. The molecular formula is C19H34N2. The molecule has 0 bridgehead atoms. The third-order valence-electron chi connectivity index (χ3n) is 4.02. The van der Waals surface area contributed by atoms with Crippen LogP contribution in [0.4, 0.5) is 0 Å². The Kier molecular flexibility index (Phi) is 6.89. The van der Waals surface area contributed by atoms with Crippen molar-refractivity contribution in [2.45, 2.75) is 53.1 Å². The van der Waals surface area contributed by atoms with Gasteiger partial charge in [0.2, 0.25) is 0 Å². The van der Waals surface area contributed by atoms with Crippen molar-refractivity contribution >= 4 is 0 Å². The zero-order valence-corrected chi connectivity index (χ0v) is 15.0. The molecule has 2 unspecified atom stereocenters. The lowest BCUT2D eigenvalue weighted by molar-refractivity contribution is 0.209. The summed E-state index contributed by atoms with van der Waals surface area (Å²) in [5.41, 5.74) is 1.72. The van der Waals surface area contributed by atoms with E-state index in [1.807, 2.05) is 0 Å². The first-order chi connectivity index (χ1) is 9.70. The van der Waals surface area contributed by atoms with Gasteiger partial charge in [-0.15, -0.1) is 0 Å². The van der Waals surface area contributed by atoms with Crippen LogP contribution >= 0.6 is 0 Å². The molecule has 21 heavy (non-hydrogen) atoms. The molecule has 2 heteroatoms. The predicted octanol–water partition coefficient (Wildman–Crippen LogP) is 4.34. The summed E-state index contributed by atoms with van der Waals surface area (Å²) in [6, 6.07) is 11.8. The van der Waals surface area contributed by atoms with Crippen LogP contribution in [-0.2, 0) is 0 Å². The van der Waals surface area contributed by atoms with E-state index in [1.54, 1.807) is 0 Å². The van der Waals surface area contributed by atoms with Gasteiger partial charge in [-0.3, -0.25) is 0 Å². The molecule has 0 radical (unpaired) electrons. The van der Waals surface area contributed by atoms with Crippen LogP contribution < -0.4 is 5.32 Å². The quantitative estimate of drug-likeness (QED) is 0.803. The SMILES string of the molecule is CC(C)C(CNC(CC(C)(C)C)c1ccccc1)N(C)C. The highest BCUT2D eigenvalue weighted by atomic mass is 15.1. The lowest BCUT2D eigenvalue weighted by atomic mass is 9.85. The fraction of sp³-hybridized carbons (Fsp3) is 0.684. The summed E-state index contributed by atoms with van der Waals surface area (Å²) < 4.78 is 0. The van der Waals surface area contributed by atoms with Gasteiger partial charge in [-0.05, 0) is 37.4 Å². The Balaban J connectivity index is 2.79. The lowest BCUT2D eigenvalue weighted by Crippen LogP contribution is -2.43. The fourth-order valence-electron chi connectivity index (χ4n) is 2.88. The first-order valence-electron chi connectivity index (χ1n) is 8.15. The van der Waals surface area contributed by atoms with Crippen LogP contribution in [0.15, 0.2) is 30.3 Å². The number of likely N-dealkylation sites (N-methyl/N-ethyl adjacent to an activating group) is 1. The number of nitrogens with one attached hydrogen (secondary N) is 1. The monoisotopic (exact) mass is 290 g/mol. The molecule has 0 aliphatic rings. The minimum absolute atomic E-state index is 0.318. The Morgan fingerprint density at radius 1 is 1.05 bits per heavy atom. The van der Waals surface area contributed by atoms with E-state index in [-0.39, 0.29) is 0 Å². The van der Waals surface area contributed by atoms with Gasteiger partial charge in [0.25, 0.3) is 0 Å². The Morgan fingerprint density at radius 3 is 2.05 bits per heavy atom. The Bertz CT molecular complexity index is 382. The topological polar surface area (TPSA) is 15.3 Å². The highest BCUT2D eigenvalue weighted by Crippen LogP contribution is 2.29. The molecule has 0 aliphatic heterocycles. The average Bonchev–Trinajstić information content (AvgIpc) is 2.36. The van der Waals surface area contributed by atoms with Gasteiger partial charge in [0, 0.05) is 18.6 Å². The van der Waals surface area contributed by atoms with Crippen LogP contribution in [0.25, 0.3) is 0 Å². The van der Waals surface area contributed by atoms with Crippen LogP contribution in [0.5, 0.6) is 0 Å². The molecule has 0 saturated heterocycles. The number of rotatable bonds is 7. The Hall–Kier alpha value is -0.860. The fourth-order valence-corrected chi connectivity index (χ4v) is 2.88. The van der Waals surface area contributed by atoms with E-state index in [9.17, 15) is 0 Å². The summed E-state index contributed by atoms with van der Waals surface area (Å²) in [5, 5.41) is 3.81. The second kappa shape index (κ2) is 7.95. The molecule has 0 aromatic heterocycles. The van der Waals surface area contributed by atoms with Crippen LogP contribution in [0, 0.1) is 11.3 Å². The van der Waals surface area contributed by atoms with E-state index < -0.39 is 0 Å². The summed E-state index contributed by atoms with van der Waals surface area (Å²) in [7, 11) is 4.35. The van der Waals surface area contributed by atoms with E-state index in [0.717, 1.165) is 13.0 Å². The Morgan fingerprint density at radius 2 is 1.62 bits per heavy atom. The van der Waals surface area contributed by atoms with Gasteiger partial charge < -0.3 is 10.2 Å². The maximum atomic E-state index is 3.81. The van der Waals surface area contributed by atoms with Crippen molar-refractivity contribution in [1.82, 2.24) is 10.2 Å². The first-order valence-corrected chi connectivity index (χ1v) is 8.15. The molecule has 2 atom stereocenters. The smallest absolute Gasteiger partial charge is 0.0325 e. The highest BCUT2D eigenvalue weighted by molar-refractivity contribution is 5.19. The molecule has 0 heterocycles. The molecule has 1 N–H and O–H groups in total. The Labute approximate surface area is 131 Å². The molecule has 0 spiro atoms. The number of benzene rings is 1. The minimum Gasteiger partial charge on any atom is -0.308 e. The molecule has 2 nitrogen and oxygen atoms in total. The molecule has 0 amide bonds. The molecular weight excluding hydrogens is 256 g/mol. The molecule has 1 rings (SSSR count). The van der Waals surface area contributed by atoms with Crippen molar-refractivity contribution in [1.29, 1.82) is 0 Å². The largest absolute Gasteiger partial charge is 0.308 e. The third-order valence-corrected chi connectivity index (χ3v) is 4.02. The van der Waals surface area contributed by atoms with E-state index in [4.69, 9.17) is 0 Å². The third kappa shape index (κ3) is 6.62. The number of hydrogen-bond acceptors (Lipinski definition) is 2. The van der Waals surface area contributed by atoms with Gasteiger partial charge in [-0.1, -0.05) is 65.0 Å². The second-order valence-corrected chi connectivity index (χ2v) is 7.91. The average molecular weight is 290 g/mol. The van der Waals surface area contributed by atoms with Crippen molar-refractivity contribution in [3.8, 4) is 0 Å². The van der Waals surface area contributed by atoms with Crippen LogP contribution in [0.1, 0.15) is 52.6 Å². The first kappa shape index (κ1) is 18.2. The van der Waals surface area contributed by atoms with Gasteiger partial charge >= 0.3 is 0 Å². The summed E-state index contributed by atoms with van der Waals surface area (Å²) in [6.07, 6.45) is 1.15. The van der Waals surface area contributed by atoms with Crippen molar-refractivity contribution in [2.75, 3.05) is 20.6 Å². The zero-order chi connectivity index (χ0) is 16.0. The molecule has 1 aromatic rings. The van der Waals surface area contributed by atoms with E-state index in [2.05, 4.69) is 89.3 Å². The van der Waals surface area contributed by atoms with E-state index in [0.29, 0.717) is 23.4 Å². The summed E-state index contributed by atoms with van der Waals surface area (Å²) in [6.45, 7) is 12.6. The van der Waals surface area contributed by atoms with Crippen LogP contribution in [-0.4, -0.2) is 31.6 Å². The van der Waals surface area contributed by atoms with E-state index in [1.165, 1.54) is 5.56 Å². The normalized spacial score (nSPS) is 15.5. The predicted molar refractivity (Wildman–Crippen MR) is 93.6 cm³/mol. The lowest BCUT2D eigenvalue weighted by Gasteiger charge is -2.33. The molecule has 1 aromatic carbocycles. The summed E-state index contributed by atoms with van der Waals surface area (Å²) in [5.74, 6) is 0.651. The molecule has 120 valence electrons. The van der Waals surface area contributed by atoms with Gasteiger partial charge in [0.15, 0.2) is 0 Å². The zero-order valence-electron chi connectivity index (χ0n) is 15.0. The van der Waals surface area contributed by atoms with Gasteiger partial charge in [-0.25, -0.2) is 0 Å². The molecule has 0 aliphatic carbocycles. The van der Waals surface area contributed by atoms with Gasteiger partial charge in [-0.2, -0.15) is 0 Å². The number of nitrogens with zero attached hydrogens (tertiary/aromatic N) is 1. The molecule has 0 saturated carbocycles. The van der Waals surface area contributed by atoms with E-state index >= 15 is 0 Å².